The van der Waals surface area contributed by atoms with E-state index in [-0.39, 0.29) is 5.91 Å². The molecule has 0 aromatic heterocycles. The number of anilines is 2. The molecule has 27 heavy (non-hydrogen) atoms. The van der Waals surface area contributed by atoms with E-state index in [0.29, 0.717) is 19.5 Å². The number of piperazine rings is 1. The molecule has 1 heterocycles. The topological polar surface area (TPSA) is 51.8 Å². The predicted molar refractivity (Wildman–Crippen MR) is 108 cm³/mol. The van der Waals surface area contributed by atoms with Crippen LogP contribution in [0.25, 0.3) is 0 Å². The number of benzene rings is 2. The van der Waals surface area contributed by atoms with Crippen molar-refractivity contribution in [2.75, 3.05) is 49.1 Å². The second-order valence-electron chi connectivity index (χ2n) is 6.99. The van der Waals surface area contributed by atoms with Crippen LogP contribution in [0.2, 0.25) is 0 Å². The molecule has 140 valence electrons. The van der Waals surface area contributed by atoms with Crippen molar-refractivity contribution >= 4 is 17.3 Å². The minimum atomic E-state index is 0.0933. The van der Waals surface area contributed by atoms with Crippen LogP contribution in [0.1, 0.15) is 12.0 Å². The molecule has 2 aromatic rings. The largest absolute Gasteiger partial charge is 0.360 e. The SMILES string of the molecule is Cc1ccccc1N1CC[NH+](CC(=O)N(CCC#N)c2ccccc2)CC1. The Hall–Kier alpha value is -2.84. The molecule has 1 N–H and O–H groups in total. The Bertz CT molecular complexity index is 791. The fraction of sp³-hybridized carbons (Fsp3) is 0.364. The maximum atomic E-state index is 12.9. The first-order valence-electron chi connectivity index (χ1n) is 9.55. The number of para-hydroxylation sites is 2. The molecular formula is C22H27N4O+. The Morgan fingerprint density at radius 3 is 2.44 bits per heavy atom. The van der Waals surface area contributed by atoms with E-state index in [4.69, 9.17) is 5.26 Å². The smallest absolute Gasteiger partial charge is 0.282 e. The monoisotopic (exact) mass is 363 g/mol. The molecule has 0 saturated carbocycles. The molecule has 1 saturated heterocycles. The lowest BCUT2D eigenvalue weighted by molar-refractivity contribution is -0.892. The van der Waals surface area contributed by atoms with Crippen molar-refractivity contribution in [2.24, 2.45) is 0 Å². The lowest BCUT2D eigenvalue weighted by atomic mass is 10.1. The molecule has 0 spiro atoms. The maximum absolute atomic E-state index is 12.9. The van der Waals surface area contributed by atoms with Crippen molar-refractivity contribution in [2.45, 2.75) is 13.3 Å². The standard InChI is InChI=1S/C22H26N4O/c1-19-8-5-6-11-21(19)25-16-14-24(15-17-25)18-22(27)26(13-7-12-23)20-9-3-2-4-10-20/h2-6,8-11H,7,13-18H2,1H3/p+1. The molecule has 0 unspecified atom stereocenters. The highest BCUT2D eigenvalue weighted by molar-refractivity contribution is 5.94. The minimum Gasteiger partial charge on any atom is -0.360 e. The summed E-state index contributed by atoms with van der Waals surface area (Å²) in [5, 5.41) is 8.93. The second-order valence-corrected chi connectivity index (χ2v) is 6.99. The van der Waals surface area contributed by atoms with Crippen LogP contribution in [-0.2, 0) is 4.79 Å². The number of rotatable bonds is 6. The number of nitriles is 1. The number of aryl methyl sites for hydroxylation is 1. The molecule has 1 amide bonds. The summed E-state index contributed by atoms with van der Waals surface area (Å²) in [6, 6.07) is 20.3. The maximum Gasteiger partial charge on any atom is 0.282 e. The average molecular weight is 363 g/mol. The number of hydrogen-bond acceptors (Lipinski definition) is 3. The first kappa shape index (κ1) is 18.9. The van der Waals surface area contributed by atoms with E-state index in [1.165, 1.54) is 16.2 Å². The summed E-state index contributed by atoms with van der Waals surface area (Å²) >= 11 is 0. The van der Waals surface area contributed by atoms with Crippen molar-refractivity contribution in [1.82, 2.24) is 0 Å². The highest BCUT2D eigenvalue weighted by Gasteiger charge is 2.25. The molecule has 0 atom stereocenters. The number of nitrogens with zero attached hydrogens (tertiary/aromatic N) is 3. The molecule has 0 radical (unpaired) electrons. The Morgan fingerprint density at radius 2 is 1.78 bits per heavy atom. The Morgan fingerprint density at radius 1 is 1.11 bits per heavy atom. The van der Waals surface area contributed by atoms with Crippen molar-refractivity contribution < 1.29 is 9.69 Å². The third-order valence-corrected chi connectivity index (χ3v) is 5.14. The fourth-order valence-electron chi connectivity index (χ4n) is 3.64. The Labute approximate surface area is 161 Å². The van der Waals surface area contributed by atoms with Crippen LogP contribution in [0, 0.1) is 18.3 Å². The fourth-order valence-corrected chi connectivity index (χ4v) is 3.64. The van der Waals surface area contributed by atoms with Crippen molar-refractivity contribution in [3.8, 4) is 6.07 Å². The number of hydrogen-bond donors (Lipinski definition) is 1. The van der Waals surface area contributed by atoms with Crippen LogP contribution in [0.3, 0.4) is 0 Å². The van der Waals surface area contributed by atoms with Crippen LogP contribution in [-0.4, -0.2) is 45.2 Å². The van der Waals surface area contributed by atoms with Crippen LogP contribution >= 0.6 is 0 Å². The minimum absolute atomic E-state index is 0.0933. The summed E-state index contributed by atoms with van der Waals surface area (Å²) in [5.74, 6) is 0.0933. The molecule has 0 bridgehead atoms. The van der Waals surface area contributed by atoms with Gasteiger partial charge >= 0.3 is 0 Å². The summed E-state index contributed by atoms with van der Waals surface area (Å²) < 4.78 is 0. The van der Waals surface area contributed by atoms with Gasteiger partial charge in [-0.05, 0) is 30.7 Å². The first-order valence-corrected chi connectivity index (χ1v) is 9.55. The summed E-state index contributed by atoms with van der Waals surface area (Å²) in [6.45, 7) is 6.87. The van der Waals surface area contributed by atoms with Gasteiger partial charge in [-0.15, -0.1) is 0 Å². The lowest BCUT2D eigenvalue weighted by Crippen LogP contribution is -3.16. The van der Waals surface area contributed by atoms with E-state index in [1.807, 2.05) is 30.3 Å². The molecule has 1 fully saturated rings. The predicted octanol–water partition coefficient (Wildman–Crippen LogP) is 1.65. The normalized spacial score (nSPS) is 14.6. The molecule has 5 heteroatoms. The lowest BCUT2D eigenvalue weighted by Gasteiger charge is -2.35. The van der Waals surface area contributed by atoms with E-state index < -0.39 is 0 Å². The molecule has 1 aliphatic rings. The van der Waals surface area contributed by atoms with Gasteiger partial charge in [-0.3, -0.25) is 4.79 Å². The van der Waals surface area contributed by atoms with Gasteiger partial charge in [-0.2, -0.15) is 5.26 Å². The summed E-state index contributed by atoms with van der Waals surface area (Å²) in [5.41, 5.74) is 3.46. The molecular weight excluding hydrogens is 336 g/mol. The second kappa shape index (κ2) is 9.20. The number of carbonyl (C=O) groups is 1. The van der Waals surface area contributed by atoms with Crippen LogP contribution in [0.5, 0.6) is 0 Å². The molecule has 2 aromatic carbocycles. The zero-order chi connectivity index (χ0) is 19.1. The van der Waals surface area contributed by atoms with E-state index in [9.17, 15) is 4.79 Å². The quantitative estimate of drug-likeness (QED) is 0.849. The Kier molecular flexibility index (Phi) is 6.45. The average Bonchev–Trinajstić information content (AvgIpc) is 2.70. The van der Waals surface area contributed by atoms with E-state index in [1.54, 1.807) is 4.90 Å². The third kappa shape index (κ3) is 4.87. The van der Waals surface area contributed by atoms with Gasteiger partial charge in [-0.1, -0.05) is 36.4 Å². The van der Waals surface area contributed by atoms with E-state index in [0.717, 1.165) is 31.9 Å². The van der Waals surface area contributed by atoms with Crippen LogP contribution < -0.4 is 14.7 Å². The summed E-state index contributed by atoms with van der Waals surface area (Å²) in [4.78, 5) is 18.4. The molecule has 0 aliphatic carbocycles. The zero-order valence-electron chi connectivity index (χ0n) is 15.9. The van der Waals surface area contributed by atoms with Crippen molar-refractivity contribution in [1.29, 1.82) is 5.26 Å². The van der Waals surface area contributed by atoms with Gasteiger partial charge in [0, 0.05) is 17.9 Å². The number of nitrogens with one attached hydrogen (secondary N) is 1. The molecule has 1 aliphatic heterocycles. The van der Waals surface area contributed by atoms with Crippen LogP contribution in [0.15, 0.2) is 54.6 Å². The number of carbonyl (C=O) groups excluding carboxylic acids is 1. The van der Waals surface area contributed by atoms with E-state index >= 15 is 0 Å². The van der Waals surface area contributed by atoms with Gasteiger partial charge < -0.3 is 14.7 Å². The number of amides is 1. The van der Waals surface area contributed by atoms with E-state index in [2.05, 4.69) is 42.2 Å². The van der Waals surface area contributed by atoms with Crippen molar-refractivity contribution in [3.63, 3.8) is 0 Å². The van der Waals surface area contributed by atoms with Gasteiger partial charge in [0.2, 0.25) is 0 Å². The third-order valence-electron chi connectivity index (χ3n) is 5.14. The first-order chi connectivity index (χ1) is 13.2. The highest BCUT2D eigenvalue weighted by Crippen LogP contribution is 2.19. The zero-order valence-corrected chi connectivity index (χ0v) is 15.9. The summed E-state index contributed by atoms with van der Waals surface area (Å²) in [7, 11) is 0. The van der Waals surface area contributed by atoms with Crippen molar-refractivity contribution in [3.05, 3.63) is 60.2 Å². The molecule has 3 rings (SSSR count). The van der Waals surface area contributed by atoms with Gasteiger partial charge in [-0.25, -0.2) is 0 Å². The van der Waals surface area contributed by atoms with Gasteiger partial charge in [0.25, 0.3) is 5.91 Å². The Balaban J connectivity index is 1.59. The van der Waals surface area contributed by atoms with Gasteiger partial charge in [0.1, 0.15) is 0 Å². The van der Waals surface area contributed by atoms with Gasteiger partial charge in [0.05, 0.1) is 38.7 Å². The molecule has 5 nitrogen and oxygen atoms in total. The summed E-state index contributed by atoms with van der Waals surface area (Å²) in [6.07, 6.45) is 0.344. The van der Waals surface area contributed by atoms with Crippen LogP contribution in [0.4, 0.5) is 11.4 Å². The van der Waals surface area contributed by atoms with Gasteiger partial charge in [0.15, 0.2) is 6.54 Å². The highest BCUT2D eigenvalue weighted by atomic mass is 16.2. The number of quaternary nitrogens is 1.